The van der Waals surface area contributed by atoms with Crippen molar-refractivity contribution in [3.8, 4) is 0 Å². The van der Waals surface area contributed by atoms with Crippen LogP contribution in [-0.2, 0) is 35.2 Å². The highest BCUT2D eigenvalue weighted by Crippen LogP contribution is 2.44. The zero-order valence-corrected chi connectivity index (χ0v) is 24.9. The minimum Gasteiger partial charge on any atom is -0.342 e. The summed E-state index contributed by atoms with van der Waals surface area (Å²) in [5.74, 6) is -1.78. The number of piperazine rings is 2. The average Bonchev–Trinajstić information content (AvgIpc) is 3.54. The van der Waals surface area contributed by atoms with Gasteiger partial charge in [0.25, 0.3) is 0 Å². The molecule has 6 amide bonds. The second-order valence-corrected chi connectivity index (χ2v) is 13.3. The highest BCUT2D eigenvalue weighted by atomic mass is 16.2. The van der Waals surface area contributed by atoms with Crippen molar-refractivity contribution in [2.45, 2.75) is 94.5 Å². The normalized spacial score (nSPS) is 34.0. The quantitative estimate of drug-likeness (QED) is 0.414. The first-order valence-corrected chi connectivity index (χ1v) is 15.4. The van der Waals surface area contributed by atoms with E-state index in [1.807, 2.05) is 44.2 Å². The summed E-state index contributed by atoms with van der Waals surface area (Å²) in [6, 6.07) is 6.72. The van der Waals surface area contributed by atoms with Crippen molar-refractivity contribution in [2.75, 3.05) is 19.6 Å². The molecule has 0 bridgehead atoms. The Bertz CT molecular complexity index is 1370. The molecule has 0 unspecified atom stereocenters. The summed E-state index contributed by atoms with van der Waals surface area (Å²) in [6.45, 7) is 6.06. The molecule has 43 heavy (non-hydrogen) atoms. The van der Waals surface area contributed by atoms with Crippen molar-refractivity contribution in [3.63, 3.8) is 0 Å². The third-order valence-electron chi connectivity index (χ3n) is 9.84. The Morgan fingerprint density at radius 2 is 1.60 bits per heavy atom. The molecule has 230 valence electrons. The van der Waals surface area contributed by atoms with Crippen molar-refractivity contribution in [1.82, 2.24) is 30.7 Å². The van der Waals surface area contributed by atoms with Crippen molar-refractivity contribution in [3.05, 3.63) is 35.9 Å². The molecule has 5 fully saturated rings. The Kier molecular flexibility index (Phi) is 7.21. The number of carbonyl (C=O) groups is 6. The molecule has 5 aliphatic rings. The summed E-state index contributed by atoms with van der Waals surface area (Å²) >= 11 is 0. The number of amides is 6. The zero-order valence-electron chi connectivity index (χ0n) is 24.9. The van der Waals surface area contributed by atoms with Crippen molar-refractivity contribution in [1.29, 1.82) is 0 Å². The molecule has 0 aliphatic carbocycles. The van der Waals surface area contributed by atoms with Gasteiger partial charge in [-0.2, -0.15) is 0 Å². The van der Waals surface area contributed by atoms with Gasteiger partial charge in [0.1, 0.15) is 29.7 Å². The lowest BCUT2D eigenvalue weighted by Gasteiger charge is -2.41. The Morgan fingerprint density at radius 1 is 0.860 bits per heavy atom. The molecule has 1 aromatic rings. The van der Waals surface area contributed by atoms with E-state index in [1.165, 1.54) is 4.90 Å². The van der Waals surface area contributed by atoms with Crippen LogP contribution in [-0.4, -0.2) is 105 Å². The van der Waals surface area contributed by atoms with E-state index in [-0.39, 0.29) is 73.7 Å². The summed E-state index contributed by atoms with van der Waals surface area (Å²) in [4.78, 5) is 86.1. The van der Waals surface area contributed by atoms with Gasteiger partial charge in [0.2, 0.25) is 35.4 Å². The van der Waals surface area contributed by atoms with Crippen LogP contribution in [0, 0.1) is 5.92 Å². The molecule has 1 aromatic carbocycles. The van der Waals surface area contributed by atoms with Crippen LogP contribution in [0.4, 0.5) is 0 Å². The summed E-state index contributed by atoms with van der Waals surface area (Å²) in [5, 5.41) is 8.50. The second-order valence-electron chi connectivity index (χ2n) is 13.3. The molecule has 5 aliphatic heterocycles. The van der Waals surface area contributed by atoms with E-state index in [1.54, 1.807) is 16.7 Å². The Balaban J connectivity index is 1.26. The standard InChI is InChI=1S/C31H40N6O6/c1-4-20-25(39)34-31(29(43)33-20)13-23-28(42)37(15-18(2)3)30(14-24(38)35(23)17-31)12-22-26(40)32-21(27(41)36(22)16-30)11-10-19-8-6-5-7-9-19/h5-9,18,20-23H,4,10-17H2,1-3H3,(H,32,40)(H,33,43)(H,34,39)/t20-,21-,22-,23-,30+,31-/m0/s1. The number of benzene rings is 1. The van der Waals surface area contributed by atoms with E-state index in [9.17, 15) is 28.8 Å². The molecule has 3 N–H and O–H groups in total. The average molecular weight is 593 g/mol. The maximum Gasteiger partial charge on any atom is 0.248 e. The van der Waals surface area contributed by atoms with Crippen LogP contribution < -0.4 is 16.0 Å². The fourth-order valence-corrected chi connectivity index (χ4v) is 7.65. The van der Waals surface area contributed by atoms with E-state index in [0.29, 0.717) is 25.8 Å². The molecule has 5 heterocycles. The number of nitrogens with one attached hydrogen (secondary N) is 3. The van der Waals surface area contributed by atoms with Crippen LogP contribution in [0.3, 0.4) is 0 Å². The van der Waals surface area contributed by atoms with E-state index < -0.39 is 35.2 Å². The number of carbonyl (C=O) groups excluding carboxylic acids is 6. The van der Waals surface area contributed by atoms with E-state index in [0.717, 1.165) is 5.56 Å². The molecule has 6 atom stereocenters. The Labute approximate surface area is 250 Å². The highest BCUT2D eigenvalue weighted by Gasteiger charge is 2.63. The smallest absolute Gasteiger partial charge is 0.248 e. The predicted octanol–water partition coefficient (Wildman–Crippen LogP) is -0.290. The number of nitrogens with zero attached hydrogens (tertiary/aromatic N) is 3. The minimum absolute atomic E-state index is 0.0234. The van der Waals surface area contributed by atoms with Gasteiger partial charge in [-0.3, -0.25) is 28.8 Å². The topological polar surface area (TPSA) is 148 Å². The SMILES string of the molecule is CC[C@@H]1NC(=O)[C@@]2(C[C@H]3C(=O)N(CC(C)C)[C@@]4(CC(=O)N3C2)C[C@H]2C(=O)N[C@@H](CCc3ccccc3)C(=O)N2C4)NC1=O. The summed E-state index contributed by atoms with van der Waals surface area (Å²) in [6.07, 6.45) is 1.57. The largest absolute Gasteiger partial charge is 0.342 e. The third kappa shape index (κ3) is 4.84. The molecule has 12 heteroatoms. The number of rotatable bonds is 6. The molecular formula is C31H40N6O6. The Hall–Kier alpha value is -3.96. The van der Waals surface area contributed by atoms with Gasteiger partial charge in [0.15, 0.2) is 0 Å². The third-order valence-corrected chi connectivity index (χ3v) is 9.84. The van der Waals surface area contributed by atoms with E-state index in [4.69, 9.17) is 0 Å². The molecule has 6 rings (SSSR count). The monoisotopic (exact) mass is 592 g/mol. The van der Waals surface area contributed by atoms with Crippen LogP contribution >= 0.6 is 0 Å². The summed E-state index contributed by atoms with van der Waals surface area (Å²) in [7, 11) is 0. The molecule has 0 aromatic heterocycles. The van der Waals surface area contributed by atoms with Gasteiger partial charge in [-0.25, -0.2) is 0 Å². The van der Waals surface area contributed by atoms with Gasteiger partial charge in [0, 0.05) is 25.9 Å². The summed E-state index contributed by atoms with van der Waals surface area (Å²) < 4.78 is 0. The van der Waals surface area contributed by atoms with Gasteiger partial charge in [-0.05, 0) is 30.7 Å². The lowest BCUT2D eigenvalue weighted by Crippen LogP contribution is -2.70. The first-order chi connectivity index (χ1) is 20.5. The number of fused-ring (bicyclic) bond motifs is 2. The van der Waals surface area contributed by atoms with Gasteiger partial charge in [-0.15, -0.1) is 0 Å². The zero-order chi connectivity index (χ0) is 30.7. The minimum atomic E-state index is -1.37. The molecule has 2 spiro atoms. The molecule has 12 nitrogen and oxygen atoms in total. The molecule has 0 radical (unpaired) electrons. The lowest BCUT2D eigenvalue weighted by atomic mass is 9.86. The first-order valence-electron chi connectivity index (χ1n) is 15.4. The predicted molar refractivity (Wildman–Crippen MR) is 154 cm³/mol. The van der Waals surface area contributed by atoms with Crippen LogP contribution in [0.25, 0.3) is 0 Å². The number of hydrogen-bond donors (Lipinski definition) is 3. The number of aryl methyl sites for hydroxylation is 1. The molecule has 5 saturated heterocycles. The second kappa shape index (κ2) is 10.6. The molecular weight excluding hydrogens is 552 g/mol. The lowest BCUT2D eigenvalue weighted by molar-refractivity contribution is -0.147. The van der Waals surface area contributed by atoms with Crippen molar-refractivity contribution >= 4 is 35.4 Å². The van der Waals surface area contributed by atoms with Crippen LogP contribution in [0.5, 0.6) is 0 Å². The van der Waals surface area contributed by atoms with Gasteiger partial charge < -0.3 is 30.7 Å². The van der Waals surface area contributed by atoms with Gasteiger partial charge in [0.05, 0.1) is 18.5 Å². The van der Waals surface area contributed by atoms with Crippen molar-refractivity contribution in [2.24, 2.45) is 5.92 Å². The fraction of sp³-hybridized carbons (Fsp3) is 0.613. The van der Waals surface area contributed by atoms with Crippen LogP contribution in [0.15, 0.2) is 30.3 Å². The fourth-order valence-electron chi connectivity index (χ4n) is 7.65. The number of hydrogen-bond acceptors (Lipinski definition) is 6. The Morgan fingerprint density at radius 3 is 2.30 bits per heavy atom. The van der Waals surface area contributed by atoms with E-state index in [2.05, 4.69) is 16.0 Å². The van der Waals surface area contributed by atoms with Crippen molar-refractivity contribution < 1.29 is 28.8 Å². The van der Waals surface area contributed by atoms with Gasteiger partial charge in [-0.1, -0.05) is 51.1 Å². The maximum atomic E-state index is 14.4. The first kappa shape index (κ1) is 29.1. The van der Waals surface area contributed by atoms with E-state index >= 15 is 0 Å². The highest BCUT2D eigenvalue weighted by molar-refractivity contribution is 6.03. The maximum absolute atomic E-state index is 14.4. The summed E-state index contributed by atoms with van der Waals surface area (Å²) in [5.41, 5.74) is -1.35. The van der Waals surface area contributed by atoms with Crippen LogP contribution in [0.1, 0.15) is 58.4 Å². The van der Waals surface area contributed by atoms with Gasteiger partial charge >= 0.3 is 0 Å². The molecule has 0 saturated carbocycles. The van der Waals surface area contributed by atoms with Crippen LogP contribution in [0.2, 0.25) is 0 Å².